The highest BCUT2D eigenvalue weighted by atomic mass is 35.5. The van der Waals surface area contributed by atoms with Gasteiger partial charge in [0.05, 0.1) is 17.5 Å². The predicted molar refractivity (Wildman–Crippen MR) is 57.8 cm³/mol. The van der Waals surface area contributed by atoms with Gasteiger partial charge in [0.15, 0.2) is 0 Å². The molecule has 5 nitrogen and oxygen atoms in total. The Bertz CT molecular complexity index is 635. The van der Waals surface area contributed by atoms with Crippen molar-refractivity contribution >= 4 is 44.3 Å². The predicted octanol–water partition coefficient (Wildman–Crippen LogP) is 1.55. The minimum absolute atomic E-state index is 0.0238. The van der Waals surface area contributed by atoms with E-state index in [1.54, 1.807) is 0 Å². The van der Waals surface area contributed by atoms with Gasteiger partial charge in [0.25, 0.3) is 0 Å². The van der Waals surface area contributed by atoms with Gasteiger partial charge in [0.1, 0.15) is 11.0 Å². The maximum Gasteiger partial charge on any atom is 0.236 e. The van der Waals surface area contributed by atoms with E-state index in [4.69, 9.17) is 23.2 Å². The van der Waals surface area contributed by atoms with Gasteiger partial charge < -0.3 is 0 Å². The fourth-order valence-corrected chi connectivity index (χ4v) is 2.41. The summed E-state index contributed by atoms with van der Waals surface area (Å²) in [6.45, 7) is 0. The average molecular weight is 266 g/mol. The van der Waals surface area contributed by atoms with Crippen LogP contribution < -0.4 is 0 Å². The van der Waals surface area contributed by atoms with E-state index in [1.807, 2.05) is 0 Å². The van der Waals surface area contributed by atoms with Crippen LogP contribution >= 0.6 is 23.2 Å². The highest BCUT2D eigenvalue weighted by Gasteiger charge is 2.15. The lowest BCUT2D eigenvalue weighted by atomic mass is 10.5. The summed E-state index contributed by atoms with van der Waals surface area (Å²) in [5, 5.41) is 0.246. The Morgan fingerprint density at radius 1 is 1.40 bits per heavy atom. The van der Waals surface area contributed by atoms with Crippen LogP contribution in [0.25, 0.3) is 11.0 Å². The zero-order valence-electron chi connectivity index (χ0n) is 7.48. The highest BCUT2D eigenvalue weighted by molar-refractivity contribution is 7.89. The van der Waals surface area contributed by atoms with Gasteiger partial charge >= 0.3 is 0 Å². The van der Waals surface area contributed by atoms with Gasteiger partial charge in [0.2, 0.25) is 15.3 Å². The number of hydrogen-bond acceptors (Lipinski definition) is 4. The van der Waals surface area contributed by atoms with Crippen LogP contribution in [0.4, 0.5) is 0 Å². The molecule has 0 aromatic carbocycles. The largest absolute Gasteiger partial charge is 0.241 e. The molecule has 0 saturated heterocycles. The molecule has 2 aromatic rings. The molecule has 0 N–H and O–H groups in total. The normalized spacial score (nSPS) is 12.2. The van der Waals surface area contributed by atoms with E-state index in [1.165, 1.54) is 12.4 Å². The monoisotopic (exact) mass is 265 g/mol. The van der Waals surface area contributed by atoms with Crippen molar-refractivity contribution in [1.82, 2.24) is 13.9 Å². The molecule has 15 heavy (non-hydrogen) atoms. The molecule has 0 fully saturated rings. The Hall–Kier alpha value is -0.850. The molecule has 0 spiro atoms. The van der Waals surface area contributed by atoms with E-state index in [0.717, 1.165) is 10.2 Å². The average Bonchev–Trinajstić information content (AvgIpc) is 2.43. The first-order chi connectivity index (χ1) is 6.89. The molecular formula is C7H5Cl2N3O2S. The first-order valence-corrected chi connectivity index (χ1v) is 6.39. The molecule has 0 bridgehead atoms. The summed E-state index contributed by atoms with van der Waals surface area (Å²) in [6, 6.07) is 0. The maximum atomic E-state index is 11.4. The lowest BCUT2D eigenvalue weighted by molar-refractivity contribution is 0.595. The number of rotatable bonds is 1. The van der Waals surface area contributed by atoms with Crippen LogP contribution in [-0.4, -0.2) is 28.6 Å². The summed E-state index contributed by atoms with van der Waals surface area (Å²) in [5.74, 6) is 0. The van der Waals surface area contributed by atoms with Crippen molar-refractivity contribution in [1.29, 1.82) is 0 Å². The van der Waals surface area contributed by atoms with Crippen molar-refractivity contribution < 1.29 is 8.42 Å². The zero-order chi connectivity index (χ0) is 11.2. The summed E-state index contributed by atoms with van der Waals surface area (Å²) in [6.07, 6.45) is 3.65. The molecule has 8 heteroatoms. The lowest BCUT2D eigenvalue weighted by Gasteiger charge is -1.99. The summed E-state index contributed by atoms with van der Waals surface area (Å²) in [4.78, 5) is 7.55. The summed E-state index contributed by atoms with van der Waals surface area (Å²) >= 11 is 11.4. The van der Waals surface area contributed by atoms with Crippen molar-refractivity contribution in [3.8, 4) is 0 Å². The van der Waals surface area contributed by atoms with Gasteiger partial charge in [-0.1, -0.05) is 11.6 Å². The number of hydrogen-bond donors (Lipinski definition) is 0. The van der Waals surface area contributed by atoms with Gasteiger partial charge in [-0.2, -0.15) is 0 Å². The van der Waals surface area contributed by atoms with Gasteiger partial charge in [-0.25, -0.2) is 22.4 Å². The van der Waals surface area contributed by atoms with Crippen LogP contribution in [0.3, 0.4) is 0 Å². The first kappa shape index (κ1) is 10.7. The third kappa shape index (κ3) is 1.80. The SMILES string of the molecule is CS(=O)(=O)n1cc(Cl)c2nc(Cl)ncc21. The first-order valence-electron chi connectivity index (χ1n) is 3.79. The Labute approximate surface area is 95.7 Å². The molecule has 2 aromatic heterocycles. The minimum Gasteiger partial charge on any atom is -0.241 e. The van der Waals surface area contributed by atoms with Crippen LogP contribution in [0.2, 0.25) is 10.3 Å². The van der Waals surface area contributed by atoms with Crippen molar-refractivity contribution in [2.24, 2.45) is 0 Å². The second-order valence-electron chi connectivity index (χ2n) is 2.91. The van der Waals surface area contributed by atoms with Gasteiger partial charge in [-0.3, -0.25) is 0 Å². The molecular weight excluding hydrogens is 261 g/mol. The number of fused-ring (bicyclic) bond motifs is 1. The van der Waals surface area contributed by atoms with Crippen LogP contribution in [0.5, 0.6) is 0 Å². The van der Waals surface area contributed by atoms with Gasteiger partial charge in [-0.15, -0.1) is 0 Å². The molecule has 0 radical (unpaired) electrons. The minimum atomic E-state index is -3.41. The standard InChI is InChI=1S/C7H5Cl2N3O2S/c1-15(13,14)12-3-4(8)6-5(12)2-10-7(9)11-6/h2-3H,1H3. The van der Waals surface area contributed by atoms with E-state index in [9.17, 15) is 8.42 Å². The lowest BCUT2D eigenvalue weighted by Crippen LogP contribution is -2.08. The maximum absolute atomic E-state index is 11.4. The Balaban J connectivity index is 2.92. The van der Waals surface area contributed by atoms with Crippen LogP contribution in [0.1, 0.15) is 0 Å². The smallest absolute Gasteiger partial charge is 0.236 e. The number of halogens is 2. The topological polar surface area (TPSA) is 64.8 Å². The second-order valence-corrected chi connectivity index (χ2v) is 5.51. The third-order valence-electron chi connectivity index (χ3n) is 1.79. The molecule has 0 aliphatic heterocycles. The number of aromatic nitrogens is 3. The van der Waals surface area contributed by atoms with E-state index < -0.39 is 10.0 Å². The van der Waals surface area contributed by atoms with Crippen molar-refractivity contribution in [2.75, 3.05) is 6.26 Å². The van der Waals surface area contributed by atoms with Crippen molar-refractivity contribution in [3.63, 3.8) is 0 Å². The molecule has 0 atom stereocenters. The van der Waals surface area contributed by atoms with Crippen molar-refractivity contribution in [3.05, 3.63) is 22.7 Å². The van der Waals surface area contributed by atoms with E-state index in [2.05, 4.69) is 9.97 Å². The quantitative estimate of drug-likeness (QED) is 0.734. The molecule has 0 aliphatic rings. The van der Waals surface area contributed by atoms with E-state index >= 15 is 0 Å². The molecule has 80 valence electrons. The van der Waals surface area contributed by atoms with Gasteiger partial charge in [0, 0.05) is 6.20 Å². The zero-order valence-corrected chi connectivity index (χ0v) is 9.81. The molecule has 0 saturated carbocycles. The fourth-order valence-electron chi connectivity index (χ4n) is 1.20. The molecule has 2 rings (SSSR count). The summed E-state index contributed by atoms with van der Waals surface area (Å²) < 4.78 is 23.7. The summed E-state index contributed by atoms with van der Waals surface area (Å²) in [5.41, 5.74) is 0.633. The second kappa shape index (κ2) is 3.33. The van der Waals surface area contributed by atoms with Crippen LogP contribution in [0, 0.1) is 0 Å². The summed E-state index contributed by atoms with van der Waals surface area (Å²) in [7, 11) is -3.41. The van der Waals surface area contributed by atoms with Gasteiger partial charge in [-0.05, 0) is 11.6 Å². The van der Waals surface area contributed by atoms with Crippen LogP contribution in [-0.2, 0) is 10.0 Å². The Morgan fingerprint density at radius 3 is 2.67 bits per heavy atom. The Morgan fingerprint density at radius 2 is 2.07 bits per heavy atom. The fraction of sp³-hybridized carbons (Fsp3) is 0.143. The molecule has 0 unspecified atom stereocenters. The van der Waals surface area contributed by atoms with Crippen molar-refractivity contribution in [2.45, 2.75) is 0 Å². The molecule has 0 amide bonds. The van der Waals surface area contributed by atoms with Crippen LogP contribution in [0.15, 0.2) is 12.4 Å². The molecule has 0 aliphatic carbocycles. The highest BCUT2D eigenvalue weighted by Crippen LogP contribution is 2.25. The number of nitrogens with zero attached hydrogens (tertiary/aromatic N) is 3. The third-order valence-corrected chi connectivity index (χ3v) is 3.27. The molecule has 2 heterocycles. The van der Waals surface area contributed by atoms with E-state index in [0.29, 0.717) is 11.0 Å². The Kier molecular flexibility index (Phi) is 2.37. The van der Waals surface area contributed by atoms with E-state index in [-0.39, 0.29) is 10.3 Å².